The van der Waals surface area contributed by atoms with E-state index in [2.05, 4.69) is 10.1 Å². The van der Waals surface area contributed by atoms with Crippen LogP contribution >= 0.6 is 0 Å². The van der Waals surface area contributed by atoms with Crippen molar-refractivity contribution in [1.82, 2.24) is 24.6 Å². The molecule has 1 atom stereocenters. The maximum Gasteiger partial charge on any atom is 0.275 e. The van der Waals surface area contributed by atoms with E-state index < -0.39 is 29.3 Å². The number of carbonyl (C=O) groups excluding carboxylic acids is 2. The van der Waals surface area contributed by atoms with Crippen LogP contribution in [0.25, 0.3) is 0 Å². The van der Waals surface area contributed by atoms with E-state index in [0.717, 1.165) is 6.20 Å². The van der Waals surface area contributed by atoms with Crippen LogP contribution in [0.4, 0.5) is 8.78 Å². The quantitative estimate of drug-likeness (QED) is 0.828. The summed E-state index contributed by atoms with van der Waals surface area (Å²) in [5.74, 6) is -2.51. The molecular weight excluding hydrogens is 344 g/mol. The molecular formula is C17H19F2N5O2. The molecule has 26 heavy (non-hydrogen) atoms. The molecule has 138 valence electrons. The highest BCUT2D eigenvalue weighted by molar-refractivity contribution is 5.92. The number of carbonyl (C=O) groups is 2. The van der Waals surface area contributed by atoms with Crippen LogP contribution in [0.3, 0.4) is 0 Å². The summed E-state index contributed by atoms with van der Waals surface area (Å²) >= 11 is 0. The first-order valence-corrected chi connectivity index (χ1v) is 8.35. The van der Waals surface area contributed by atoms with Crippen LogP contribution in [0.2, 0.25) is 0 Å². The highest BCUT2D eigenvalue weighted by Crippen LogP contribution is 2.14. The van der Waals surface area contributed by atoms with Gasteiger partial charge in [-0.15, -0.1) is 0 Å². The predicted molar refractivity (Wildman–Crippen MR) is 88.2 cm³/mol. The lowest BCUT2D eigenvalue weighted by Gasteiger charge is -2.24. The molecule has 3 heterocycles. The molecule has 2 aromatic heterocycles. The largest absolute Gasteiger partial charge is 0.339 e. The van der Waals surface area contributed by atoms with Gasteiger partial charge in [0.15, 0.2) is 11.5 Å². The second kappa shape index (κ2) is 7.59. The van der Waals surface area contributed by atoms with Crippen molar-refractivity contribution in [3.05, 3.63) is 48.1 Å². The van der Waals surface area contributed by atoms with Gasteiger partial charge in [-0.25, -0.2) is 13.8 Å². The Balaban J connectivity index is 1.66. The fourth-order valence-corrected chi connectivity index (χ4v) is 2.95. The van der Waals surface area contributed by atoms with E-state index >= 15 is 0 Å². The minimum atomic E-state index is -0.987. The molecule has 0 spiro atoms. The number of nitrogens with zero attached hydrogens (tertiary/aromatic N) is 5. The lowest BCUT2D eigenvalue weighted by Crippen LogP contribution is -2.40. The van der Waals surface area contributed by atoms with Crippen LogP contribution in [0.5, 0.6) is 0 Å². The second-order valence-electron chi connectivity index (χ2n) is 6.12. The summed E-state index contributed by atoms with van der Waals surface area (Å²) in [5, 5.41) is 4.08. The minimum Gasteiger partial charge on any atom is -0.339 e. The summed E-state index contributed by atoms with van der Waals surface area (Å²) in [5.41, 5.74) is -0.406. The third-order valence-corrected chi connectivity index (χ3v) is 4.38. The number of amides is 2. The lowest BCUT2D eigenvalue weighted by atomic mass is 10.2. The highest BCUT2D eigenvalue weighted by atomic mass is 19.1. The van der Waals surface area contributed by atoms with Gasteiger partial charge >= 0.3 is 0 Å². The molecule has 1 aliphatic heterocycles. The van der Waals surface area contributed by atoms with Crippen molar-refractivity contribution in [2.45, 2.75) is 19.4 Å². The Bertz CT molecular complexity index is 796. The van der Waals surface area contributed by atoms with Crippen molar-refractivity contribution in [3.63, 3.8) is 0 Å². The molecule has 2 aromatic rings. The summed E-state index contributed by atoms with van der Waals surface area (Å²) in [6.07, 6.45) is 4.71. The van der Waals surface area contributed by atoms with Gasteiger partial charge in [-0.1, -0.05) is 0 Å². The summed E-state index contributed by atoms with van der Waals surface area (Å²) < 4.78 is 28.4. The molecule has 0 N–H and O–H groups in total. The van der Waals surface area contributed by atoms with Gasteiger partial charge in [-0.2, -0.15) is 5.10 Å². The first-order chi connectivity index (χ1) is 12.5. The maximum atomic E-state index is 13.8. The van der Waals surface area contributed by atoms with Gasteiger partial charge in [0, 0.05) is 44.6 Å². The zero-order valence-corrected chi connectivity index (χ0v) is 14.3. The second-order valence-corrected chi connectivity index (χ2v) is 6.12. The molecule has 9 heteroatoms. The standard InChI is InChI=1S/C17H19F2N5O2/c1-12(24-7-2-4-21-24)16(25)22-5-3-6-23(9-8-22)17(26)15-14(19)10-13(18)11-20-15/h2,4,7,10-12H,3,5-6,8-9H2,1H3. The number of hydrogen-bond acceptors (Lipinski definition) is 4. The Hall–Kier alpha value is -2.84. The van der Waals surface area contributed by atoms with Crippen molar-refractivity contribution >= 4 is 11.8 Å². The van der Waals surface area contributed by atoms with Gasteiger partial charge in [0.05, 0.1) is 6.20 Å². The van der Waals surface area contributed by atoms with Gasteiger partial charge in [-0.3, -0.25) is 14.3 Å². The molecule has 0 aromatic carbocycles. The van der Waals surface area contributed by atoms with E-state index in [1.54, 1.807) is 35.0 Å². The number of hydrogen-bond donors (Lipinski definition) is 0. The van der Waals surface area contributed by atoms with Crippen LogP contribution in [-0.4, -0.2) is 62.6 Å². The first-order valence-electron chi connectivity index (χ1n) is 8.35. The molecule has 1 aliphatic rings. The van der Waals surface area contributed by atoms with Crippen molar-refractivity contribution in [2.75, 3.05) is 26.2 Å². The molecule has 0 aliphatic carbocycles. The number of aromatic nitrogens is 3. The van der Waals surface area contributed by atoms with E-state index in [1.807, 2.05) is 0 Å². The monoisotopic (exact) mass is 363 g/mol. The third kappa shape index (κ3) is 3.71. The number of halogens is 2. The normalized spacial score (nSPS) is 16.3. The zero-order valence-electron chi connectivity index (χ0n) is 14.3. The summed E-state index contributed by atoms with van der Waals surface area (Å²) in [6.45, 7) is 3.22. The lowest BCUT2D eigenvalue weighted by molar-refractivity contribution is -0.134. The van der Waals surface area contributed by atoms with Crippen LogP contribution in [0.15, 0.2) is 30.7 Å². The Kier molecular flexibility index (Phi) is 5.24. The van der Waals surface area contributed by atoms with Gasteiger partial charge in [0.2, 0.25) is 5.91 Å². The zero-order chi connectivity index (χ0) is 18.7. The van der Waals surface area contributed by atoms with E-state index in [-0.39, 0.29) is 12.5 Å². The molecule has 0 bridgehead atoms. The molecule has 0 radical (unpaired) electrons. The highest BCUT2D eigenvalue weighted by Gasteiger charge is 2.28. The molecule has 1 fully saturated rings. The molecule has 7 nitrogen and oxygen atoms in total. The first kappa shape index (κ1) is 18.0. The average Bonchev–Trinajstić information content (AvgIpc) is 3.04. The Morgan fingerprint density at radius 3 is 2.58 bits per heavy atom. The Morgan fingerprint density at radius 1 is 1.15 bits per heavy atom. The molecule has 1 saturated heterocycles. The number of rotatable bonds is 3. The van der Waals surface area contributed by atoms with Gasteiger partial charge < -0.3 is 9.80 Å². The van der Waals surface area contributed by atoms with Crippen LogP contribution in [0.1, 0.15) is 29.9 Å². The summed E-state index contributed by atoms with van der Waals surface area (Å²) in [4.78, 5) is 31.8. The van der Waals surface area contributed by atoms with E-state index in [4.69, 9.17) is 0 Å². The van der Waals surface area contributed by atoms with Gasteiger partial charge in [-0.05, 0) is 19.4 Å². The molecule has 1 unspecified atom stereocenters. The Labute approximate surface area is 149 Å². The average molecular weight is 363 g/mol. The van der Waals surface area contributed by atoms with Crippen molar-refractivity contribution in [1.29, 1.82) is 0 Å². The van der Waals surface area contributed by atoms with Gasteiger partial charge in [0.1, 0.15) is 11.9 Å². The smallest absolute Gasteiger partial charge is 0.275 e. The SMILES string of the molecule is CC(C(=O)N1CCCN(C(=O)c2ncc(F)cc2F)CC1)n1cccn1. The van der Waals surface area contributed by atoms with Crippen molar-refractivity contribution in [2.24, 2.45) is 0 Å². The fraction of sp³-hybridized carbons (Fsp3) is 0.412. The molecule has 2 amide bonds. The summed E-state index contributed by atoms with van der Waals surface area (Å²) in [6, 6.07) is 1.94. The molecule has 0 saturated carbocycles. The van der Waals surface area contributed by atoms with Crippen LogP contribution in [-0.2, 0) is 4.79 Å². The fourth-order valence-electron chi connectivity index (χ4n) is 2.95. The molecule has 3 rings (SSSR count). The van der Waals surface area contributed by atoms with Crippen molar-refractivity contribution in [3.8, 4) is 0 Å². The van der Waals surface area contributed by atoms with Gasteiger partial charge in [0.25, 0.3) is 5.91 Å². The Morgan fingerprint density at radius 2 is 1.88 bits per heavy atom. The third-order valence-electron chi connectivity index (χ3n) is 4.38. The van der Waals surface area contributed by atoms with E-state index in [0.29, 0.717) is 32.1 Å². The minimum absolute atomic E-state index is 0.0888. The number of pyridine rings is 1. The van der Waals surface area contributed by atoms with Crippen LogP contribution < -0.4 is 0 Å². The van der Waals surface area contributed by atoms with E-state index in [1.165, 1.54) is 4.90 Å². The van der Waals surface area contributed by atoms with Crippen molar-refractivity contribution < 1.29 is 18.4 Å². The van der Waals surface area contributed by atoms with E-state index in [9.17, 15) is 18.4 Å². The maximum absolute atomic E-state index is 13.8. The predicted octanol–water partition coefficient (Wildman–Crippen LogP) is 1.49. The topological polar surface area (TPSA) is 71.3 Å². The van der Waals surface area contributed by atoms with Crippen LogP contribution in [0, 0.1) is 11.6 Å². The summed E-state index contributed by atoms with van der Waals surface area (Å²) in [7, 11) is 0.